The lowest BCUT2D eigenvalue weighted by molar-refractivity contribution is 0.245. The van der Waals surface area contributed by atoms with Crippen LogP contribution >= 0.6 is 0 Å². The summed E-state index contributed by atoms with van der Waals surface area (Å²) in [5.41, 5.74) is 3.34. The van der Waals surface area contributed by atoms with Crippen molar-refractivity contribution in [2.75, 3.05) is 6.54 Å². The molecular weight excluding hydrogens is 321 g/mol. The predicted octanol–water partition coefficient (Wildman–Crippen LogP) is 2.54. The van der Waals surface area contributed by atoms with Crippen LogP contribution in [0.3, 0.4) is 0 Å². The van der Waals surface area contributed by atoms with Gasteiger partial charge in [0.05, 0.1) is 0 Å². The molecule has 1 aliphatic rings. The van der Waals surface area contributed by atoms with E-state index >= 15 is 0 Å². The quantitative estimate of drug-likeness (QED) is 0.869. The molecule has 0 unspecified atom stereocenters. The van der Waals surface area contributed by atoms with Crippen LogP contribution in [-0.2, 0) is 30.0 Å². The van der Waals surface area contributed by atoms with Gasteiger partial charge in [-0.25, -0.2) is 0 Å². The van der Waals surface area contributed by atoms with Crippen LogP contribution in [0, 0.1) is 0 Å². The second kappa shape index (κ2) is 6.17. The molecule has 0 saturated heterocycles. The van der Waals surface area contributed by atoms with E-state index in [4.69, 9.17) is 0 Å². The molecule has 0 saturated carbocycles. The lowest BCUT2D eigenvalue weighted by Gasteiger charge is -2.28. The van der Waals surface area contributed by atoms with E-state index in [1.54, 1.807) is 24.3 Å². The van der Waals surface area contributed by atoms with Crippen molar-refractivity contribution in [3.8, 4) is 11.5 Å². The van der Waals surface area contributed by atoms with Gasteiger partial charge < -0.3 is 9.29 Å². The smallest absolute Gasteiger partial charge is 0.488 e. The fraction of sp³-hybridized carbons (Fsp3) is 0.250. The van der Waals surface area contributed by atoms with Gasteiger partial charge in [-0.1, -0.05) is 22.1 Å². The SMILES string of the molecule is O=S(=O)(F)Oc1ccc(CN2CCc3cc(O)ccc3C2)cc1. The highest BCUT2D eigenvalue weighted by atomic mass is 32.3. The van der Waals surface area contributed by atoms with Gasteiger partial charge in [-0.3, -0.25) is 4.90 Å². The first-order valence-corrected chi connectivity index (χ1v) is 8.46. The summed E-state index contributed by atoms with van der Waals surface area (Å²) >= 11 is 0. The fourth-order valence-corrected chi connectivity index (χ4v) is 3.10. The van der Waals surface area contributed by atoms with Gasteiger partial charge in [-0.15, -0.1) is 0 Å². The number of hydrogen-bond donors (Lipinski definition) is 1. The third-order valence-corrected chi connectivity index (χ3v) is 4.20. The number of rotatable bonds is 4. The number of phenols is 1. The minimum atomic E-state index is -4.99. The molecule has 0 amide bonds. The minimum Gasteiger partial charge on any atom is -0.508 e. The van der Waals surface area contributed by atoms with E-state index in [1.165, 1.54) is 17.7 Å². The van der Waals surface area contributed by atoms with Crippen molar-refractivity contribution in [2.45, 2.75) is 19.5 Å². The largest absolute Gasteiger partial charge is 0.508 e. The molecule has 1 heterocycles. The van der Waals surface area contributed by atoms with Gasteiger partial charge in [0.2, 0.25) is 0 Å². The Hall–Kier alpha value is -2.12. The number of aromatic hydroxyl groups is 1. The van der Waals surface area contributed by atoms with Gasteiger partial charge in [0, 0.05) is 19.6 Å². The molecule has 1 aliphatic heterocycles. The Labute approximate surface area is 134 Å². The highest BCUT2D eigenvalue weighted by Crippen LogP contribution is 2.24. The average Bonchev–Trinajstić information content (AvgIpc) is 2.48. The highest BCUT2D eigenvalue weighted by Gasteiger charge is 2.17. The van der Waals surface area contributed by atoms with Crippen molar-refractivity contribution in [3.63, 3.8) is 0 Å². The van der Waals surface area contributed by atoms with E-state index in [2.05, 4.69) is 9.08 Å². The Morgan fingerprint density at radius 3 is 2.57 bits per heavy atom. The molecule has 0 bridgehead atoms. The van der Waals surface area contributed by atoms with Crippen LogP contribution in [0.25, 0.3) is 0 Å². The lowest BCUT2D eigenvalue weighted by atomic mass is 9.99. The summed E-state index contributed by atoms with van der Waals surface area (Å²) in [4.78, 5) is 2.25. The number of phenolic OH excluding ortho intramolecular Hbond substituents is 1. The van der Waals surface area contributed by atoms with Crippen molar-refractivity contribution < 1.29 is 21.6 Å². The molecule has 0 fully saturated rings. The summed E-state index contributed by atoms with van der Waals surface area (Å²) < 4.78 is 37.5. The van der Waals surface area contributed by atoms with Gasteiger partial charge in [0.25, 0.3) is 0 Å². The van der Waals surface area contributed by atoms with E-state index in [0.717, 1.165) is 30.6 Å². The molecule has 0 radical (unpaired) electrons. The molecule has 3 rings (SSSR count). The topological polar surface area (TPSA) is 66.8 Å². The molecule has 2 aromatic rings. The van der Waals surface area contributed by atoms with Crippen molar-refractivity contribution in [1.29, 1.82) is 0 Å². The molecule has 5 nitrogen and oxygen atoms in total. The minimum absolute atomic E-state index is 0.0456. The van der Waals surface area contributed by atoms with E-state index in [9.17, 15) is 17.4 Å². The number of hydrogen-bond acceptors (Lipinski definition) is 5. The Bertz CT molecular complexity index is 805. The third-order valence-electron chi connectivity index (χ3n) is 3.81. The molecule has 0 aliphatic carbocycles. The van der Waals surface area contributed by atoms with Crippen LogP contribution < -0.4 is 4.18 Å². The lowest BCUT2D eigenvalue weighted by Crippen LogP contribution is -2.29. The monoisotopic (exact) mass is 337 g/mol. The number of fused-ring (bicyclic) bond motifs is 1. The van der Waals surface area contributed by atoms with Gasteiger partial charge >= 0.3 is 10.5 Å². The average molecular weight is 337 g/mol. The van der Waals surface area contributed by atoms with Gasteiger partial charge in [-0.2, -0.15) is 8.42 Å². The molecule has 0 aromatic heterocycles. The first-order chi connectivity index (χ1) is 10.9. The van der Waals surface area contributed by atoms with E-state index in [0.29, 0.717) is 6.54 Å². The fourth-order valence-electron chi connectivity index (χ4n) is 2.76. The summed E-state index contributed by atoms with van der Waals surface area (Å²) in [5.74, 6) is 0.242. The van der Waals surface area contributed by atoms with Crippen molar-refractivity contribution >= 4 is 10.5 Å². The molecule has 0 atom stereocenters. The zero-order valence-electron chi connectivity index (χ0n) is 12.3. The Morgan fingerprint density at radius 2 is 1.87 bits per heavy atom. The summed E-state index contributed by atoms with van der Waals surface area (Å²) in [5, 5.41) is 9.50. The maximum absolute atomic E-state index is 12.4. The Balaban J connectivity index is 1.65. The second-order valence-electron chi connectivity index (χ2n) is 5.53. The van der Waals surface area contributed by atoms with E-state index < -0.39 is 10.5 Å². The zero-order valence-corrected chi connectivity index (χ0v) is 13.1. The standard InChI is InChI=1S/C16H16FNO4S/c17-23(20,21)22-16-5-1-12(2-6-16)10-18-8-7-13-9-15(19)4-3-14(13)11-18/h1-6,9,19H,7-8,10-11H2. The molecule has 0 spiro atoms. The summed E-state index contributed by atoms with van der Waals surface area (Å²) in [6, 6.07) is 11.7. The normalized spacial score (nSPS) is 15.2. The van der Waals surface area contributed by atoms with Crippen LogP contribution in [0.4, 0.5) is 3.89 Å². The van der Waals surface area contributed by atoms with Gasteiger partial charge in [-0.05, 0) is 47.4 Å². The summed E-state index contributed by atoms with van der Waals surface area (Å²) in [7, 11) is -4.99. The van der Waals surface area contributed by atoms with Crippen LogP contribution in [0.2, 0.25) is 0 Å². The van der Waals surface area contributed by atoms with Crippen LogP contribution in [-0.4, -0.2) is 25.0 Å². The molecule has 122 valence electrons. The van der Waals surface area contributed by atoms with Crippen LogP contribution in [0.1, 0.15) is 16.7 Å². The van der Waals surface area contributed by atoms with Crippen molar-refractivity contribution in [2.24, 2.45) is 0 Å². The first kappa shape index (κ1) is 15.8. The first-order valence-electron chi connectivity index (χ1n) is 7.15. The van der Waals surface area contributed by atoms with Crippen LogP contribution in [0.5, 0.6) is 11.5 Å². The van der Waals surface area contributed by atoms with Gasteiger partial charge in [0.15, 0.2) is 0 Å². The summed E-state index contributed by atoms with van der Waals surface area (Å²) in [6.07, 6.45) is 0.866. The molecule has 7 heteroatoms. The second-order valence-corrected chi connectivity index (χ2v) is 6.49. The number of halogens is 1. The Morgan fingerprint density at radius 1 is 1.13 bits per heavy atom. The van der Waals surface area contributed by atoms with Crippen LogP contribution in [0.15, 0.2) is 42.5 Å². The number of benzene rings is 2. The molecular formula is C16H16FNO4S. The van der Waals surface area contributed by atoms with E-state index in [1.807, 2.05) is 6.07 Å². The zero-order chi connectivity index (χ0) is 16.4. The summed E-state index contributed by atoms with van der Waals surface area (Å²) in [6.45, 7) is 2.35. The maximum Gasteiger partial charge on any atom is 0.488 e. The van der Waals surface area contributed by atoms with Gasteiger partial charge in [0.1, 0.15) is 11.5 Å². The number of nitrogens with zero attached hydrogens (tertiary/aromatic N) is 1. The predicted molar refractivity (Wildman–Crippen MR) is 83.0 cm³/mol. The van der Waals surface area contributed by atoms with Crippen molar-refractivity contribution in [1.82, 2.24) is 4.90 Å². The van der Waals surface area contributed by atoms with E-state index in [-0.39, 0.29) is 11.5 Å². The Kier molecular flexibility index (Phi) is 4.23. The molecule has 1 N–H and O–H groups in total. The maximum atomic E-state index is 12.4. The van der Waals surface area contributed by atoms with Crippen molar-refractivity contribution in [3.05, 3.63) is 59.2 Å². The molecule has 2 aromatic carbocycles. The highest BCUT2D eigenvalue weighted by molar-refractivity contribution is 7.81. The third kappa shape index (κ3) is 4.20. The molecule has 23 heavy (non-hydrogen) atoms.